The second-order valence-corrected chi connectivity index (χ2v) is 8.58. The van der Waals surface area contributed by atoms with E-state index in [0.717, 1.165) is 21.3 Å². The van der Waals surface area contributed by atoms with Crippen molar-refractivity contribution >= 4 is 34.5 Å². The second-order valence-electron chi connectivity index (χ2n) is 7.20. The topological polar surface area (TPSA) is 61.8 Å². The zero-order valence-electron chi connectivity index (χ0n) is 16.9. The van der Waals surface area contributed by atoms with Crippen LogP contribution in [0.25, 0.3) is 11.2 Å². The average molecular weight is 441 g/mol. The monoisotopic (exact) mass is 440 g/mol. The van der Waals surface area contributed by atoms with Crippen molar-refractivity contribution < 1.29 is 0 Å². The number of fused-ring (bicyclic) bond motifs is 1. The molecule has 0 unspecified atom stereocenters. The minimum atomic E-state index is -0.387. The van der Waals surface area contributed by atoms with Gasteiger partial charge in [-0.25, -0.2) is 9.78 Å². The van der Waals surface area contributed by atoms with Gasteiger partial charge in [-0.1, -0.05) is 59.8 Å². The summed E-state index contributed by atoms with van der Waals surface area (Å²) in [5, 5.41) is 1.38. The quantitative estimate of drug-likeness (QED) is 0.443. The fourth-order valence-corrected chi connectivity index (χ4v) is 4.45. The summed E-state index contributed by atoms with van der Waals surface area (Å²) in [6.45, 7) is 2.54. The number of rotatable bonds is 5. The van der Waals surface area contributed by atoms with Gasteiger partial charge in [-0.3, -0.25) is 13.9 Å². The van der Waals surface area contributed by atoms with Gasteiger partial charge in [0.15, 0.2) is 16.3 Å². The maximum absolute atomic E-state index is 13.0. The van der Waals surface area contributed by atoms with Crippen LogP contribution in [0.4, 0.5) is 0 Å². The Morgan fingerprint density at radius 2 is 1.70 bits per heavy atom. The van der Waals surface area contributed by atoms with E-state index in [4.69, 9.17) is 11.6 Å². The van der Waals surface area contributed by atoms with Gasteiger partial charge in [0, 0.05) is 24.9 Å². The summed E-state index contributed by atoms with van der Waals surface area (Å²) in [4.78, 5) is 30.1. The van der Waals surface area contributed by atoms with Crippen molar-refractivity contribution in [3.63, 3.8) is 0 Å². The highest BCUT2D eigenvalue weighted by atomic mass is 35.5. The maximum Gasteiger partial charge on any atom is 0.332 e. The molecule has 0 fully saturated rings. The van der Waals surface area contributed by atoms with Gasteiger partial charge in [0.2, 0.25) is 0 Å². The first-order chi connectivity index (χ1) is 14.4. The standard InChI is InChI=1S/C22H21ClN4O2S/c1-14-6-4-5-7-16(14)12-27-18-19(25(2)22(29)26(3)20(18)28)24-21(27)30-13-15-8-10-17(23)11-9-15/h4-11H,12-13H2,1-3H3. The summed E-state index contributed by atoms with van der Waals surface area (Å²) >= 11 is 7.52. The Kier molecular flexibility index (Phi) is 5.58. The number of halogens is 1. The third-order valence-corrected chi connectivity index (χ3v) is 6.48. The molecular formula is C22H21ClN4O2S. The predicted molar refractivity (Wildman–Crippen MR) is 122 cm³/mol. The Labute approximate surface area is 182 Å². The summed E-state index contributed by atoms with van der Waals surface area (Å²) in [5.41, 5.74) is 3.43. The normalized spacial score (nSPS) is 11.3. The molecule has 4 aromatic rings. The van der Waals surface area contributed by atoms with Gasteiger partial charge < -0.3 is 4.57 Å². The lowest BCUT2D eigenvalue weighted by atomic mass is 10.1. The van der Waals surface area contributed by atoms with Crippen molar-refractivity contribution in [2.75, 3.05) is 0 Å². The number of aromatic nitrogens is 4. The first kappa shape index (κ1) is 20.5. The van der Waals surface area contributed by atoms with E-state index in [9.17, 15) is 9.59 Å². The second kappa shape index (κ2) is 8.16. The Morgan fingerprint density at radius 1 is 1.00 bits per heavy atom. The van der Waals surface area contributed by atoms with Crippen LogP contribution in [0, 0.1) is 6.92 Å². The van der Waals surface area contributed by atoms with Crippen molar-refractivity contribution in [1.29, 1.82) is 0 Å². The van der Waals surface area contributed by atoms with Gasteiger partial charge in [0.25, 0.3) is 5.56 Å². The summed E-state index contributed by atoms with van der Waals surface area (Å²) < 4.78 is 4.48. The van der Waals surface area contributed by atoms with Crippen LogP contribution in [0.15, 0.2) is 63.3 Å². The molecule has 0 bridgehead atoms. The van der Waals surface area contributed by atoms with Crippen molar-refractivity contribution in [3.05, 3.63) is 91.1 Å². The molecule has 0 aliphatic heterocycles. The molecule has 2 heterocycles. The SMILES string of the molecule is Cc1ccccc1Cn1c(SCc2ccc(Cl)cc2)nc2c1c(=O)n(C)c(=O)n2C. The Hall–Kier alpha value is -2.77. The molecule has 0 saturated heterocycles. The van der Waals surface area contributed by atoms with Crippen LogP contribution in [0.5, 0.6) is 0 Å². The van der Waals surface area contributed by atoms with Gasteiger partial charge in [0.05, 0.1) is 6.54 Å². The van der Waals surface area contributed by atoms with Gasteiger partial charge >= 0.3 is 5.69 Å². The minimum absolute atomic E-state index is 0.340. The molecule has 154 valence electrons. The van der Waals surface area contributed by atoms with Crippen molar-refractivity contribution in [3.8, 4) is 0 Å². The molecule has 2 aromatic carbocycles. The summed E-state index contributed by atoms with van der Waals surface area (Å²) in [5.74, 6) is 0.669. The van der Waals surface area contributed by atoms with Crippen LogP contribution in [-0.4, -0.2) is 18.7 Å². The molecule has 0 atom stereocenters. The summed E-state index contributed by atoms with van der Waals surface area (Å²) in [7, 11) is 3.14. The summed E-state index contributed by atoms with van der Waals surface area (Å²) in [6.07, 6.45) is 0. The lowest BCUT2D eigenvalue weighted by Crippen LogP contribution is -2.37. The molecule has 0 spiro atoms. The Bertz CT molecular complexity index is 1350. The highest BCUT2D eigenvalue weighted by Crippen LogP contribution is 2.27. The van der Waals surface area contributed by atoms with Gasteiger partial charge in [-0.15, -0.1) is 0 Å². The van der Waals surface area contributed by atoms with Crippen LogP contribution in [0.1, 0.15) is 16.7 Å². The molecule has 6 nitrogen and oxygen atoms in total. The summed E-state index contributed by atoms with van der Waals surface area (Å²) in [6, 6.07) is 15.7. The largest absolute Gasteiger partial charge is 0.332 e. The van der Waals surface area contributed by atoms with Crippen molar-refractivity contribution in [2.24, 2.45) is 14.1 Å². The smallest absolute Gasteiger partial charge is 0.309 e. The number of hydrogen-bond acceptors (Lipinski definition) is 4. The number of benzene rings is 2. The average Bonchev–Trinajstić information content (AvgIpc) is 3.10. The maximum atomic E-state index is 13.0. The molecule has 30 heavy (non-hydrogen) atoms. The number of aryl methyl sites for hydroxylation is 2. The predicted octanol–water partition coefficient (Wildman–Crippen LogP) is 3.74. The Balaban J connectivity index is 1.85. The van der Waals surface area contributed by atoms with Gasteiger partial charge in [-0.2, -0.15) is 0 Å². The fraction of sp³-hybridized carbons (Fsp3) is 0.227. The van der Waals surface area contributed by atoms with E-state index < -0.39 is 0 Å². The molecule has 2 aromatic heterocycles. The van der Waals surface area contributed by atoms with Crippen LogP contribution in [-0.2, 0) is 26.4 Å². The number of thioether (sulfide) groups is 1. The third-order valence-electron chi connectivity index (χ3n) is 5.18. The van der Waals surface area contributed by atoms with Crippen molar-refractivity contribution in [1.82, 2.24) is 18.7 Å². The van der Waals surface area contributed by atoms with Gasteiger partial charge in [0.1, 0.15) is 0 Å². The van der Waals surface area contributed by atoms with E-state index in [1.807, 2.05) is 60.0 Å². The zero-order chi connectivity index (χ0) is 21.4. The highest BCUT2D eigenvalue weighted by Gasteiger charge is 2.20. The Morgan fingerprint density at radius 3 is 2.40 bits per heavy atom. The van der Waals surface area contributed by atoms with E-state index in [1.165, 1.54) is 23.4 Å². The molecule has 0 aliphatic rings. The molecule has 0 radical (unpaired) electrons. The van der Waals surface area contributed by atoms with Crippen LogP contribution in [0.2, 0.25) is 5.02 Å². The lowest BCUT2D eigenvalue weighted by Gasteiger charge is -2.11. The molecule has 0 saturated carbocycles. The molecule has 8 heteroatoms. The van der Waals surface area contributed by atoms with E-state index >= 15 is 0 Å². The number of imidazole rings is 1. The van der Waals surface area contributed by atoms with E-state index in [-0.39, 0.29) is 11.2 Å². The first-order valence-corrected chi connectivity index (χ1v) is 10.8. The molecule has 0 amide bonds. The highest BCUT2D eigenvalue weighted by molar-refractivity contribution is 7.98. The molecule has 0 aliphatic carbocycles. The van der Waals surface area contributed by atoms with E-state index in [2.05, 4.69) is 4.98 Å². The van der Waals surface area contributed by atoms with Crippen LogP contribution in [0.3, 0.4) is 0 Å². The van der Waals surface area contributed by atoms with Gasteiger partial charge in [-0.05, 0) is 35.7 Å². The molecular weight excluding hydrogens is 420 g/mol. The molecule has 0 N–H and O–H groups in total. The number of hydrogen-bond donors (Lipinski definition) is 0. The first-order valence-electron chi connectivity index (χ1n) is 9.45. The molecule has 4 rings (SSSR count). The number of nitrogens with zero attached hydrogens (tertiary/aromatic N) is 4. The van der Waals surface area contributed by atoms with Crippen molar-refractivity contribution in [2.45, 2.75) is 24.4 Å². The minimum Gasteiger partial charge on any atom is -0.309 e. The lowest BCUT2D eigenvalue weighted by molar-refractivity contribution is 0.695. The fourth-order valence-electron chi connectivity index (χ4n) is 3.37. The third kappa shape index (κ3) is 3.70. The van der Waals surface area contributed by atoms with Crippen LogP contribution >= 0.6 is 23.4 Å². The van der Waals surface area contributed by atoms with Crippen LogP contribution < -0.4 is 11.2 Å². The van der Waals surface area contributed by atoms with E-state index in [1.54, 1.807) is 7.05 Å². The van der Waals surface area contributed by atoms with E-state index in [0.29, 0.717) is 33.6 Å². The zero-order valence-corrected chi connectivity index (χ0v) is 18.5.